The Kier molecular flexibility index (Phi) is 4.08. The second-order valence-corrected chi connectivity index (χ2v) is 4.58. The Hall–Kier alpha value is -1.99. The third kappa shape index (κ3) is 3.07. The van der Waals surface area contributed by atoms with E-state index in [2.05, 4.69) is 17.2 Å². The van der Waals surface area contributed by atoms with Gasteiger partial charge in [-0.1, -0.05) is 30.4 Å². The van der Waals surface area contributed by atoms with Crippen LogP contribution < -0.4 is 5.32 Å². The van der Waals surface area contributed by atoms with Gasteiger partial charge in [-0.25, -0.2) is 4.79 Å². The van der Waals surface area contributed by atoms with Crippen LogP contribution in [0.4, 0.5) is 4.79 Å². The van der Waals surface area contributed by atoms with Gasteiger partial charge in [-0.15, -0.1) is 0 Å². The molecule has 1 saturated heterocycles. The van der Waals surface area contributed by atoms with Crippen LogP contribution in [0.25, 0.3) is 0 Å². The lowest BCUT2D eigenvalue weighted by Gasteiger charge is -2.07. The number of carbonyl (C=O) groups excluding carboxylic acids is 2. The van der Waals surface area contributed by atoms with E-state index in [0.717, 1.165) is 10.5 Å². The fraction of sp³-hybridized carbons (Fsp3) is 0.286. The Labute approximate surface area is 116 Å². The molecule has 0 aromatic heterocycles. The molecule has 4 nitrogen and oxygen atoms in total. The van der Waals surface area contributed by atoms with Gasteiger partial charge in [-0.05, 0) is 30.7 Å². The largest absolute Gasteiger partial charge is 0.326 e. The van der Waals surface area contributed by atoms with Crippen molar-refractivity contribution in [1.82, 2.24) is 10.2 Å². The van der Waals surface area contributed by atoms with Crippen LogP contribution in [0.1, 0.15) is 18.9 Å². The molecule has 1 atom stereocenters. The fourth-order valence-corrected chi connectivity index (χ4v) is 1.88. The number of nitrogens with zero attached hydrogens (tertiary/aromatic N) is 1. The summed E-state index contributed by atoms with van der Waals surface area (Å²) >= 11 is 5.77. The highest BCUT2D eigenvalue weighted by atomic mass is 35.5. The standard InChI is InChI=1S/C14H13ClN2O2/c1-2-12-13(18)17(14(19)16-12)9-3-4-10-5-7-11(15)8-6-10/h5-8,12H,2,9H2,1H3,(H,16,19)/t12-/m1/s1. The Morgan fingerprint density at radius 3 is 2.58 bits per heavy atom. The molecule has 0 spiro atoms. The van der Waals surface area contributed by atoms with Crippen LogP contribution in [0.5, 0.6) is 0 Å². The molecule has 1 aromatic rings. The van der Waals surface area contributed by atoms with Crippen molar-refractivity contribution >= 4 is 23.5 Å². The molecule has 5 heteroatoms. The lowest BCUT2D eigenvalue weighted by Crippen LogP contribution is -2.31. The zero-order valence-electron chi connectivity index (χ0n) is 10.4. The summed E-state index contributed by atoms with van der Waals surface area (Å²) in [5.74, 6) is 5.50. The highest BCUT2D eigenvalue weighted by molar-refractivity contribution is 6.30. The smallest absolute Gasteiger partial charge is 0.325 e. The van der Waals surface area contributed by atoms with Crippen LogP contribution in [0.3, 0.4) is 0 Å². The molecule has 0 aliphatic carbocycles. The van der Waals surface area contributed by atoms with Crippen LogP contribution in [0.15, 0.2) is 24.3 Å². The van der Waals surface area contributed by atoms with Crippen molar-refractivity contribution in [2.45, 2.75) is 19.4 Å². The molecule has 0 radical (unpaired) electrons. The number of rotatable bonds is 2. The molecule has 19 heavy (non-hydrogen) atoms. The predicted molar refractivity (Wildman–Crippen MR) is 72.7 cm³/mol. The lowest BCUT2D eigenvalue weighted by molar-refractivity contribution is -0.127. The molecule has 0 unspecified atom stereocenters. The molecule has 1 aliphatic heterocycles. The molecule has 1 aliphatic rings. The first-order valence-electron chi connectivity index (χ1n) is 5.98. The fourth-order valence-electron chi connectivity index (χ4n) is 1.76. The van der Waals surface area contributed by atoms with Crippen molar-refractivity contribution < 1.29 is 9.59 Å². The van der Waals surface area contributed by atoms with Gasteiger partial charge in [-0.3, -0.25) is 9.69 Å². The molecule has 0 saturated carbocycles. The number of amides is 3. The Balaban J connectivity index is 2.01. The molecular weight excluding hydrogens is 264 g/mol. The highest BCUT2D eigenvalue weighted by Gasteiger charge is 2.35. The second-order valence-electron chi connectivity index (χ2n) is 4.14. The first kappa shape index (κ1) is 13.4. The minimum Gasteiger partial charge on any atom is -0.326 e. The Morgan fingerprint density at radius 1 is 1.32 bits per heavy atom. The normalized spacial score (nSPS) is 18.0. The van der Waals surface area contributed by atoms with Crippen LogP contribution in [-0.2, 0) is 4.79 Å². The lowest BCUT2D eigenvalue weighted by atomic mass is 10.2. The average Bonchev–Trinajstić information content (AvgIpc) is 2.68. The minimum atomic E-state index is -0.412. The minimum absolute atomic E-state index is 0.101. The summed E-state index contributed by atoms with van der Waals surface area (Å²) in [4.78, 5) is 24.5. The number of halogens is 1. The SMILES string of the molecule is CC[C@H]1NC(=O)N(CC#Cc2ccc(Cl)cc2)C1=O. The van der Waals surface area contributed by atoms with Crippen LogP contribution in [0, 0.1) is 11.8 Å². The number of urea groups is 1. The average molecular weight is 277 g/mol. The van der Waals surface area contributed by atoms with Gasteiger partial charge in [0.1, 0.15) is 6.04 Å². The molecule has 1 aromatic carbocycles. The van der Waals surface area contributed by atoms with E-state index in [9.17, 15) is 9.59 Å². The maximum atomic E-state index is 11.8. The van der Waals surface area contributed by atoms with Crippen LogP contribution in [0.2, 0.25) is 5.02 Å². The van der Waals surface area contributed by atoms with E-state index in [4.69, 9.17) is 11.6 Å². The molecule has 1 fully saturated rings. The quantitative estimate of drug-likeness (QED) is 0.664. The molecule has 2 rings (SSSR count). The van der Waals surface area contributed by atoms with Gasteiger partial charge in [0, 0.05) is 10.6 Å². The van der Waals surface area contributed by atoms with Gasteiger partial charge in [0.05, 0.1) is 6.54 Å². The van der Waals surface area contributed by atoms with Crippen molar-refractivity contribution in [3.63, 3.8) is 0 Å². The molecule has 0 bridgehead atoms. The van der Waals surface area contributed by atoms with E-state index in [1.807, 2.05) is 6.92 Å². The van der Waals surface area contributed by atoms with Gasteiger partial charge in [0.15, 0.2) is 0 Å². The number of imide groups is 1. The summed E-state index contributed by atoms with van der Waals surface area (Å²) in [6.45, 7) is 1.95. The summed E-state index contributed by atoms with van der Waals surface area (Å²) in [6.07, 6.45) is 0.589. The first-order valence-corrected chi connectivity index (χ1v) is 6.36. The first-order chi connectivity index (χ1) is 9.11. The van der Waals surface area contributed by atoms with Crippen LogP contribution in [-0.4, -0.2) is 29.4 Å². The third-order valence-electron chi connectivity index (χ3n) is 2.83. The van der Waals surface area contributed by atoms with Gasteiger partial charge in [0.25, 0.3) is 5.91 Å². The maximum Gasteiger partial charge on any atom is 0.325 e. The van der Waals surface area contributed by atoms with Crippen molar-refractivity contribution in [2.75, 3.05) is 6.54 Å². The van der Waals surface area contributed by atoms with Crippen molar-refractivity contribution in [1.29, 1.82) is 0 Å². The van der Waals surface area contributed by atoms with Gasteiger partial charge < -0.3 is 5.32 Å². The summed E-state index contributed by atoms with van der Waals surface area (Å²) in [6, 6.07) is 6.28. The van der Waals surface area contributed by atoms with E-state index >= 15 is 0 Å². The van der Waals surface area contributed by atoms with E-state index in [1.165, 1.54) is 0 Å². The number of hydrogen-bond acceptors (Lipinski definition) is 2. The van der Waals surface area contributed by atoms with Gasteiger partial charge >= 0.3 is 6.03 Å². The third-order valence-corrected chi connectivity index (χ3v) is 3.08. The van der Waals surface area contributed by atoms with E-state index in [0.29, 0.717) is 11.4 Å². The monoisotopic (exact) mass is 276 g/mol. The maximum absolute atomic E-state index is 11.8. The summed E-state index contributed by atoms with van der Waals surface area (Å²) in [7, 11) is 0. The molecule has 1 N–H and O–H groups in total. The summed E-state index contributed by atoms with van der Waals surface area (Å²) in [5.41, 5.74) is 0.795. The Bertz CT molecular complexity index is 557. The van der Waals surface area contributed by atoms with Crippen LogP contribution >= 0.6 is 11.6 Å². The highest BCUT2D eigenvalue weighted by Crippen LogP contribution is 2.09. The predicted octanol–water partition coefficient (Wildman–Crippen LogP) is 2.02. The number of benzene rings is 1. The topological polar surface area (TPSA) is 49.4 Å². The number of nitrogens with one attached hydrogen (secondary N) is 1. The van der Waals surface area contributed by atoms with Crippen molar-refractivity contribution in [2.24, 2.45) is 0 Å². The number of hydrogen-bond donors (Lipinski definition) is 1. The van der Waals surface area contributed by atoms with E-state index in [-0.39, 0.29) is 18.5 Å². The molecule has 98 valence electrons. The van der Waals surface area contributed by atoms with Gasteiger partial charge in [0.2, 0.25) is 0 Å². The molecular formula is C14H13ClN2O2. The van der Waals surface area contributed by atoms with Crippen molar-refractivity contribution in [3.8, 4) is 11.8 Å². The molecule has 3 amide bonds. The van der Waals surface area contributed by atoms with Gasteiger partial charge in [-0.2, -0.15) is 0 Å². The van der Waals surface area contributed by atoms with E-state index in [1.54, 1.807) is 24.3 Å². The zero-order valence-corrected chi connectivity index (χ0v) is 11.2. The summed E-state index contributed by atoms with van der Waals surface area (Å²) < 4.78 is 0. The summed E-state index contributed by atoms with van der Waals surface area (Å²) in [5, 5.41) is 3.26. The van der Waals surface area contributed by atoms with E-state index < -0.39 is 6.04 Å². The molecule has 1 heterocycles. The van der Waals surface area contributed by atoms with Crippen molar-refractivity contribution in [3.05, 3.63) is 34.9 Å². The second kappa shape index (κ2) is 5.77. The zero-order chi connectivity index (χ0) is 13.8. The Morgan fingerprint density at radius 2 is 2.00 bits per heavy atom. The number of carbonyl (C=O) groups is 2.